The zero-order valence-corrected chi connectivity index (χ0v) is 9.37. The quantitative estimate of drug-likeness (QED) is 0.521. The van der Waals surface area contributed by atoms with Crippen molar-refractivity contribution in [3.63, 3.8) is 0 Å². The van der Waals surface area contributed by atoms with E-state index in [1.165, 1.54) is 0 Å². The minimum Gasteiger partial charge on any atom is -0.463 e. The van der Waals surface area contributed by atoms with Crippen molar-refractivity contribution < 1.29 is 29.6 Å². The maximum absolute atomic E-state index is 11.1. The maximum Gasteiger partial charge on any atom is 0.308 e. The van der Waals surface area contributed by atoms with Gasteiger partial charge in [0.05, 0.1) is 12.5 Å². The van der Waals surface area contributed by atoms with E-state index < -0.39 is 30.4 Å². The SMILES string of the molecule is CC(C)C(=O)OC[C@H](O)C1OC[C@H](O)[C@H]1O. The summed E-state index contributed by atoms with van der Waals surface area (Å²) >= 11 is 0. The van der Waals surface area contributed by atoms with E-state index >= 15 is 0 Å². The van der Waals surface area contributed by atoms with Crippen LogP contribution in [-0.2, 0) is 14.3 Å². The van der Waals surface area contributed by atoms with Gasteiger partial charge >= 0.3 is 5.97 Å². The average molecular weight is 234 g/mol. The summed E-state index contributed by atoms with van der Waals surface area (Å²) in [6.45, 7) is 3.09. The summed E-state index contributed by atoms with van der Waals surface area (Å²) in [4.78, 5) is 11.1. The van der Waals surface area contributed by atoms with Crippen LogP contribution in [0.4, 0.5) is 0 Å². The maximum atomic E-state index is 11.1. The van der Waals surface area contributed by atoms with Gasteiger partial charge in [-0.1, -0.05) is 13.8 Å². The molecule has 0 aromatic rings. The molecular weight excluding hydrogens is 216 g/mol. The van der Waals surface area contributed by atoms with E-state index in [0.717, 1.165) is 0 Å². The molecule has 6 heteroatoms. The van der Waals surface area contributed by atoms with Gasteiger partial charge in [-0.15, -0.1) is 0 Å². The molecule has 6 nitrogen and oxygen atoms in total. The van der Waals surface area contributed by atoms with Gasteiger partial charge in [-0.25, -0.2) is 0 Å². The van der Waals surface area contributed by atoms with Crippen molar-refractivity contribution >= 4 is 5.97 Å². The van der Waals surface area contributed by atoms with Crippen LogP contribution < -0.4 is 0 Å². The Morgan fingerprint density at radius 2 is 2.12 bits per heavy atom. The van der Waals surface area contributed by atoms with Gasteiger partial charge in [-0.05, 0) is 0 Å². The number of esters is 1. The van der Waals surface area contributed by atoms with Gasteiger partial charge in [0.25, 0.3) is 0 Å². The topological polar surface area (TPSA) is 96.2 Å². The molecule has 1 aliphatic rings. The van der Waals surface area contributed by atoms with E-state index in [1.54, 1.807) is 13.8 Å². The van der Waals surface area contributed by atoms with Gasteiger partial charge < -0.3 is 24.8 Å². The van der Waals surface area contributed by atoms with Gasteiger partial charge in [0.15, 0.2) is 0 Å². The molecule has 1 fully saturated rings. The molecule has 0 bridgehead atoms. The summed E-state index contributed by atoms with van der Waals surface area (Å²) in [6.07, 6.45) is -4.18. The molecule has 0 radical (unpaired) electrons. The first-order valence-corrected chi connectivity index (χ1v) is 5.26. The van der Waals surface area contributed by atoms with E-state index in [9.17, 15) is 20.1 Å². The van der Waals surface area contributed by atoms with Gasteiger partial charge in [0.1, 0.15) is 31.0 Å². The second kappa shape index (κ2) is 5.58. The van der Waals surface area contributed by atoms with Crippen LogP contribution >= 0.6 is 0 Å². The number of ether oxygens (including phenoxy) is 2. The van der Waals surface area contributed by atoms with Crippen molar-refractivity contribution in [2.75, 3.05) is 13.2 Å². The molecule has 1 rings (SSSR count). The Hall–Kier alpha value is -0.690. The van der Waals surface area contributed by atoms with Gasteiger partial charge in [0.2, 0.25) is 0 Å². The average Bonchev–Trinajstić information content (AvgIpc) is 2.55. The molecule has 1 unspecified atom stereocenters. The molecule has 0 saturated carbocycles. The monoisotopic (exact) mass is 234 g/mol. The highest BCUT2D eigenvalue weighted by atomic mass is 16.6. The van der Waals surface area contributed by atoms with Crippen LogP contribution in [-0.4, -0.2) is 58.9 Å². The summed E-state index contributed by atoms with van der Waals surface area (Å²) < 4.78 is 9.79. The molecule has 1 saturated heterocycles. The third-order valence-corrected chi connectivity index (χ3v) is 2.44. The number of aliphatic hydroxyl groups excluding tert-OH is 3. The molecule has 0 amide bonds. The van der Waals surface area contributed by atoms with Crippen molar-refractivity contribution in [2.24, 2.45) is 5.92 Å². The smallest absolute Gasteiger partial charge is 0.308 e. The number of hydrogen-bond donors (Lipinski definition) is 3. The Bertz CT molecular complexity index is 241. The van der Waals surface area contributed by atoms with Gasteiger partial charge in [-0.3, -0.25) is 4.79 Å². The van der Waals surface area contributed by atoms with Crippen LogP contribution in [0, 0.1) is 5.92 Å². The zero-order chi connectivity index (χ0) is 12.3. The summed E-state index contributed by atoms with van der Waals surface area (Å²) in [6, 6.07) is 0. The number of aliphatic hydroxyl groups is 3. The highest BCUT2D eigenvalue weighted by Gasteiger charge is 2.39. The normalized spacial score (nSPS) is 31.8. The molecule has 0 aliphatic carbocycles. The van der Waals surface area contributed by atoms with Crippen molar-refractivity contribution in [2.45, 2.75) is 38.3 Å². The first-order valence-electron chi connectivity index (χ1n) is 5.26. The van der Waals surface area contributed by atoms with Crippen LogP contribution in [0.2, 0.25) is 0 Å². The molecule has 3 N–H and O–H groups in total. The van der Waals surface area contributed by atoms with Gasteiger partial charge in [-0.2, -0.15) is 0 Å². The summed E-state index contributed by atoms with van der Waals surface area (Å²) in [5.74, 6) is -0.695. The van der Waals surface area contributed by atoms with E-state index in [-0.39, 0.29) is 19.1 Å². The highest BCUT2D eigenvalue weighted by molar-refractivity contribution is 5.71. The Balaban J connectivity index is 2.35. The third kappa shape index (κ3) is 3.15. The van der Waals surface area contributed by atoms with Crippen LogP contribution in [0.25, 0.3) is 0 Å². The van der Waals surface area contributed by atoms with E-state index in [1.807, 2.05) is 0 Å². The molecule has 1 aliphatic heterocycles. The van der Waals surface area contributed by atoms with E-state index in [0.29, 0.717) is 0 Å². The minimum atomic E-state index is -1.15. The van der Waals surface area contributed by atoms with Crippen molar-refractivity contribution in [3.8, 4) is 0 Å². The Morgan fingerprint density at radius 3 is 2.56 bits per heavy atom. The van der Waals surface area contributed by atoms with Crippen LogP contribution in [0.5, 0.6) is 0 Å². The van der Waals surface area contributed by atoms with E-state index in [2.05, 4.69) is 0 Å². The Labute approximate surface area is 93.8 Å². The Morgan fingerprint density at radius 1 is 1.50 bits per heavy atom. The lowest BCUT2D eigenvalue weighted by Crippen LogP contribution is -2.41. The predicted octanol–water partition coefficient (Wildman–Crippen LogP) is -1.33. The van der Waals surface area contributed by atoms with Crippen molar-refractivity contribution in [1.82, 2.24) is 0 Å². The first kappa shape index (κ1) is 13.4. The fourth-order valence-electron chi connectivity index (χ4n) is 1.39. The molecule has 1 heterocycles. The molecule has 94 valence electrons. The molecule has 4 atom stereocenters. The second-order valence-corrected chi connectivity index (χ2v) is 4.21. The number of carbonyl (C=O) groups excluding carboxylic acids is 1. The van der Waals surface area contributed by atoms with Crippen molar-refractivity contribution in [1.29, 1.82) is 0 Å². The zero-order valence-electron chi connectivity index (χ0n) is 9.37. The molecule has 0 aromatic carbocycles. The second-order valence-electron chi connectivity index (χ2n) is 4.21. The number of rotatable bonds is 4. The number of hydrogen-bond acceptors (Lipinski definition) is 6. The Kier molecular flexibility index (Phi) is 4.67. The summed E-state index contributed by atoms with van der Waals surface area (Å²) in [5.41, 5.74) is 0. The van der Waals surface area contributed by atoms with Crippen LogP contribution in [0.3, 0.4) is 0 Å². The standard InChI is InChI=1S/C10H18O6/c1-5(2)10(14)16-4-7(12)9-8(13)6(11)3-15-9/h5-9,11-13H,3-4H2,1-2H3/t6-,7-,8+,9?/m0/s1. The molecule has 0 aromatic heterocycles. The fraction of sp³-hybridized carbons (Fsp3) is 0.900. The van der Waals surface area contributed by atoms with E-state index in [4.69, 9.17) is 9.47 Å². The minimum absolute atomic E-state index is 0.0268. The number of carbonyl (C=O) groups is 1. The first-order chi connectivity index (χ1) is 7.43. The van der Waals surface area contributed by atoms with Crippen molar-refractivity contribution in [3.05, 3.63) is 0 Å². The predicted molar refractivity (Wildman–Crippen MR) is 53.6 cm³/mol. The van der Waals surface area contributed by atoms with Gasteiger partial charge in [0, 0.05) is 0 Å². The lowest BCUT2D eigenvalue weighted by molar-refractivity contribution is -0.154. The van der Waals surface area contributed by atoms with Crippen LogP contribution in [0.1, 0.15) is 13.8 Å². The van der Waals surface area contributed by atoms with Crippen LogP contribution in [0.15, 0.2) is 0 Å². The summed E-state index contributed by atoms with van der Waals surface area (Å²) in [7, 11) is 0. The molecule has 16 heavy (non-hydrogen) atoms. The molecule has 0 spiro atoms. The lowest BCUT2D eigenvalue weighted by Gasteiger charge is -2.21. The fourth-order valence-corrected chi connectivity index (χ4v) is 1.39. The largest absolute Gasteiger partial charge is 0.463 e. The summed E-state index contributed by atoms with van der Waals surface area (Å²) in [5, 5.41) is 28.2. The lowest BCUT2D eigenvalue weighted by atomic mass is 10.1. The molecular formula is C10H18O6. The highest BCUT2D eigenvalue weighted by Crippen LogP contribution is 2.17. The third-order valence-electron chi connectivity index (χ3n) is 2.44.